The Hall–Kier alpha value is -3.29. The molecule has 1 aliphatic heterocycles. The Morgan fingerprint density at radius 1 is 1.10 bits per heavy atom. The molecule has 11 nitrogen and oxygen atoms in total. The SMILES string of the molecule is COc1ccc2nc(NC(=O)C(CC3CCCC3)c3ccc(S(=O)(=O)N4CCCC4OC(=O)O)cc3)sc2n1. The molecule has 1 aliphatic carbocycles. The summed E-state index contributed by atoms with van der Waals surface area (Å²) in [6.45, 7) is 0.178. The maximum Gasteiger partial charge on any atom is 0.507 e. The van der Waals surface area contributed by atoms with Crippen LogP contribution in [0.4, 0.5) is 9.93 Å². The van der Waals surface area contributed by atoms with Gasteiger partial charge in [-0.2, -0.15) is 4.31 Å². The molecule has 39 heavy (non-hydrogen) atoms. The maximum atomic E-state index is 13.5. The van der Waals surface area contributed by atoms with Crippen LogP contribution < -0.4 is 10.1 Å². The van der Waals surface area contributed by atoms with Crippen molar-refractivity contribution in [1.29, 1.82) is 0 Å². The Morgan fingerprint density at radius 2 is 1.85 bits per heavy atom. The minimum Gasteiger partial charge on any atom is -0.481 e. The lowest BCUT2D eigenvalue weighted by molar-refractivity contribution is -0.118. The number of rotatable bonds is 9. The van der Waals surface area contributed by atoms with E-state index in [2.05, 4.69) is 15.3 Å². The quantitative estimate of drug-likeness (QED) is 0.344. The fourth-order valence-corrected chi connectivity index (χ4v) is 7.77. The molecule has 1 aromatic carbocycles. The smallest absolute Gasteiger partial charge is 0.481 e. The third kappa shape index (κ3) is 5.99. The number of carbonyl (C=O) groups is 2. The average molecular weight is 575 g/mol. The van der Waals surface area contributed by atoms with Crippen LogP contribution in [-0.2, 0) is 19.6 Å². The first-order chi connectivity index (χ1) is 18.7. The number of fused-ring (bicyclic) bond motifs is 1. The van der Waals surface area contributed by atoms with Crippen LogP contribution in [0.25, 0.3) is 10.3 Å². The second kappa shape index (κ2) is 11.4. The van der Waals surface area contributed by atoms with E-state index in [1.54, 1.807) is 24.3 Å². The van der Waals surface area contributed by atoms with Crippen LogP contribution in [0.3, 0.4) is 0 Å². The summed E-state index contributed by atoms with van der Waals surface area (Å²) in [6.07, 6.45) is 3.29. The molecular weight excluding hydrogens is 544 g/mol. The van der Waals surface area contributed by atoms with Gasteiger partial charge in [-0.1, -0.05) is 49.2 Å². The highest BCUT2D eigenvalue weighted by Crippen LogP contribution is 2.36. The monoisotopic (exact) mass is 574 g/mol. The predicted octanol–water partition coefficient (Wildman–Crippen LogP) is 4.81. The van der Waals surface area contributed by atoms with E-state index in [1.807, 2.05) is 0 Å². The molecule has 0 bridgehead atoms. The van der Waals surface area contributed by atoms with Crippen molar-refractivity contribution in [1.82, 2.24) is 14.3 Å². The first-order valence-corrected chi connectivity index (χ1v) is 15.1. The third-order valence-corrected chi connectivity index (χ3v) is 10.1. The van der Waals surface area contributed by atoms with Crippen molar-refractivity contribution in [2.24, 2.45) is 5.92 Å². The number of nitrogens with zero attached hydrogens (tertiary/aromatic N) is 3. The number of sulfonamides is 1. The number of carbonyl (C=O) groups excluding carboxylic acids is 1. The summed E-state index contributed by atoms with van der Waals surface area (Å²) in [6, 6.07) is 9.78. The number of pyridine rings is 1. The number of methoxy groups -OCH3 is 1. The van der Waals surface area contributed by atoms with Crippen LogP contribution in [0.1, 0.15) is 56.4 Å². The number of ether oxygens (including phenoxy) is 2. The summed E-state index contributed by atoms with van der Waals surface area (Å²) in [5.41, 5.74) is 1.36. The number of amides is 1. The molecule has 0 spiro atoms. The summed E-state index contributed by atoms with van der Waals surface area (Å²) in [5.74, 6) is 0.171. The van der Waals surface area contributed by atoms with Crippen molar-refractivity contribution in [3.63, 3.8) is 0 Å². The highest BCUT2D eigenvalue weighted by atomic mass is 32.2. The molecule has 2 aliphatic rings. The van der Waals surface area contributed by atoms with Gasteiger partial charge in [0.15, 0.2) is 11.4 Å². The molecule has 2 unspecified atom stereocenters. The summed E-state index contributed by atoms with van der Waals surface area (Å²) in [7, 11) is -2.43. The molecule has 1 saturated carbocycles. The molecule has 0 radical (unpaired) electrons. The Morgan fingerprint density at radius 3 is 2.54 bits per heavy atom. The molecule has 1 saturated heterocycles. The number of aromatic nitrogens is 2. The summed E-state index contributed by atoms with van der Waals surface area (Å²) in [5, 5.41) is 12.3. The number of thiazole rings is 1. The van der Waals surface area contributed by atoms with E-state index in [0.29, 0.717) is 52.1 Å². The van der Waals surface area contributed by atoms with Gasteiger partial charge < -0.3 is 19.9 Å². The van der Waals surface area contributed by atoms with Crippen LogP contribution in [0.2, 0.25) is 0 Å². The number of anilines is 1. The minimum atomic E-state index is -3.97. The lowest BCUT2D eigenvalue weighted by Gasteiger charge is -2.23. The van der Waals surface area contributed by atoms with Crippen LogP contribution >= 0.6 is 11.3 Å². The van der Waals surface area contributed by atoms with E-state index in [9.17, 15) is 18.0 Å². The molecule has 1 amide bonds. The molecule has 208 valence electrons. The van der Waals surface area contributed by atoms with Gasteiger partial charge >= 0.3 is 6.16 Å². The zero-order valence-electron chi connectivity index (χ0n) is 21.4. The van der Waals surface area contributed by atoms with Gasteiger partial charge in [-0.3, -0.25) is 4.79 Å². The van der Waals surface area contributed by atoms with Crippen LogP contribution in [0.15, 0.2) is 41.3 Å². The topological polar surface area (TPSA) is 148 Å². The normalized spacial score (nSPS) is 19.3. The number of carboxylic acid groups (broad SMARTS) is 1. The Bertz CT molecular complexity index is 1450. The number of hydrogen-bond acceptors (Lipinski definition) is 9. The first-order valence-electron chi connectivity index (χ1n) is 12.9. The Balaban J connectivity index is 1.37. The molecule has 2 N–H and O–H groups in total. The lowest BCUT2D eigenvalue weighted by atomic mass is 9.87. The van der Waals surface area contributed by atoms with Crippen LogP contribution in [0, 0.1) is 5.92 Å². The highest BCUT2D eigenvalue weighted by Gasteiger charge is 2.38. The third-order valence-electron chi connectivity index (χ3n) is 7.31. The molecule has 5 rings (SSSR count). The van der Waals surface area contributed by atoms with Crippen molar-refractivity contribution in [2.75, 3.05) is 19.0 Å². The van der Waals surface area contributed by atoms with E-state index in [4.69, 9.17) is 14.6 Å². The van der Waals surface area contributed by atoms with Crippen molar-refractivity contribution in [3.05, 3.63) is 42.0 Å². The Labute approximate surface area is 230 Å². The second-order valence-electron chi connectivity index (χ2n) is 9.79. The molecule has 3 aromatic rings. The van der Waals surface area contributed by atoms with Crippen LogP contribution in [0.5, 0.6) is 5.88 Å². The van der Waals surface area contributed by atoms with Gasteiger partial charge in [-0.15, -0.1) is 0 Å². The van der Waals surface area contributed by atoms with Gasteiger partial charge in [0.1, 0.15) is 10.3 Å². The largest absolute Gasteiger partial charge is 0.507 e. The molecule has 2 aromatic heterocycles. The number of nitrogens with one attached hydrogen (secondary N) is 1. The van der Waals surface area contributed by atoms with Crippen molar-refractivity contribution < 1.29 is 32.6 Å². The fraction of sp³-hybridized carbons (Fsp3) is 0.462. The minimum absolute atomic E-state index is 0.0263. The van der Waals surface area contributed by atoms with Crippen molar-refractivity contribution in [2.45, 2.75) is 62.0 Å². The van der Waals surface area contributed by atoms with Gasteiger partial charge in [0.05, 0.1) is 17.9 Å². The van der Waals surface area contributed by atoms with Gasteiger partial charge in [0, 0.05) is 19.0 Å². The molecule has 3 heterocycles. The lowest BCUT2D eigenvalue weighted by Crippen LogP contribution is -2.38. The van der Waals surface area contributed by atoms with Crippen molar-refractivity contribution >= 4 is 48.9 Å². The van der Waals surface area contributed by atoms with E-state index in [0.717, 1.165) is 30.0 Å². The zero-order chi connectivity index (χ0) is 27.6. The molecular formula is C26H30N4O7S2. The van der Waals surface area contributed by atoms with Gasteiger partial charge in [-0.25, -0.2) is 23.2 Å². The fourth-order valence-electron chi connectivity index (χ4n) is 5.36. The highest BCUT2D eigenvalue weighted by molar-refractivity contribution is 7.89. The molecule has 2 fully saturated rings. The standard InChI is InChI=1S/C26H30N4O7S2/c1-36-21-13-12-20-24(28-21)38-25(27-20)29-23(31)19(15-16-5-2-3-6-16)17-8-10-18(11-9-17)39(34,35)30-14-4-7-22(30)37-26(32)33/h8-13,16,19,22H,2-7,14-15H2,1H3,(H,32,33)(H,27,29,31). The predicted molar refractivity (Wildman–Crippen MR) is 144 cm³/mol. The van der Waals surface area contributed by atoms with E-state index in [-0.39, 0.29) is 17.3 Å². The van der Waals surface area contributed by atoms with Gasteiger partial charge in [0.2, 0.25) is 21.8 Å². The van der Waals surface area contributed by atoms with Gasteiger partial charge in [0.25, 0.3) is 0 Å². The molecule has 2 atom stereocenters. The second-order valence-corrected chi connectivity index (χ2v) is 12.7. The van der Waals surface area contributed by atoms with E-state index >= 15 is 0 Å². The Kier molecular flexibility index (Phi) is 8.01. The maximum absolute atomic E-state index is 13.5. The first kappa shape index (κ1) is 27.3. The summed E-state index contributed by atoms with van der Waals surface area (Å²) in [4.78, 5) is 34.1. The van der Waals surface area contributed by atoms with Gasteiger partial charge in [-0.05, 0) is 42.5 Å². The number of hydrogen-bond donors (Lipinski definition) is 2. The van der Waals surface area contributed by atoms with E-state index in [1.165, 1.54) is 30.6 Å². The molecule has 13 heteroatoms. The van der Waals surface area contributed by atoms with Crippen molar-refractivity contribution in [3.8, 4) is 5.88 Å². The zero-order valence-corrected chi connectivity index (χ0v) is 23.0. The number of benzene rings is 1. The average Bonchev–Trinajstić information content (AvgIpc) is 3.67. The van der Waals surface area contributed by atoms with E-state index < -0.39 is 28.3 Å². The van der Waals surface area contributed by atoms with Crippen LogP contribution in [-0.4, -0.2) is 59.7 Å². The summed E-state index contributed by atoms with van der Waals surface area (Å²) < 4.78 is 37.5. The summed E-state index contributed by atoms with van der Waals surface area (Å²) >= 11 is 1.26.